The first-order chi connectivity index (χ1) is 8.54. The monoisotopic (exact) mass is 348 g/mol. The van der Waals surface area contributed by atoms with Gasteiger partial charge in [0.15, 0.2) is 0 Å². The number of nitrogens with zero attached hydrogens (tertiary/aromatic N) is 2. The average molecular weight is 349 g/mol. The van der Waals surface area contributed by atoms with Gasteiger partial charge in [-0.15, -0.1) is 3.71 Å². The first kappa shape index (κ1) is 16.4. The van der Waals surface area contributed by atoms with Crippen LogP contribution in [0.15, 0.2) is 29.2 Å². The summed E-state index contributed by atoms with van der Waals surface area (Å²) in [6.07, 6.45) is 0. The second-order valence-electron chi connectivity index (χ2n) is 3.20. The molecule has 0 bridgehead atoms. The van der Waals surface area contributed by atoms with Gasteiger partial charge in [0.25, 0.3) is 15.7 Å². The Morgan fingerprint density at radius 3 is 2.21 bits per heavy atom. The van der Waals surface area contributed by atoms with E-state index in [1.54, 1.807) is 0 Å². The van der Waals surface area contributed by atoms with Gasteiger partial charge in [-0.1, -0.05) is 23.2 Å². The topological polar surface area (TPSA) is 80.5 Å². The van der Waals surface area contributed by atoms with Crippen LogP contribution in [0, 0.1) is 10.1 Å². The van der Waals surface area contributed by atoms with Gasteiger partial charge in [0, 0.05) is 31.1 Å². The van der Waals surface area contributed by atoms with E-state index < -0.39 is 18.9 Å². The van der Waals surface area contributed by atoms with Gasteiger partial charge >= 0.3 is 3.92 Å². The number of nitro benzene ring substituents is 1. The van der Waals surface area contributed by atoms with Crippen LogP contribution in [0.5, 0.6) is 0 Å². The smallest absolute Gasteiger partial charge is 0.258 e. The number of benzene rings is 1. The van der Waals surface area contributed by atoms with E-state index in [9.17, 15) is 22.9 Å². The lowest BCUT2D eigenvalue weighted by Gasteiger charge is -2.18. The van der Waals surface area contributed by atoms with Gasteiger partial charge in [-0.25, -0.2) is 8.42 Å². The molecule has 0 aromatic heterocycles. The molecule has 1 rings (SSSR count). The van der Waals surface area contributed by atoms with Crippen LogP contribution in [0.2, 0.25) is 0 Å². The summed E-state index contributed by atoms with van der Waals surface area (Å²) in [7, 11) is -2.99. The summed E-state index contributed by atoms with van der Waals surface area (Å²) in [5.41, 5.74) is -0.260. The zero-order valence-electron chi connectivity index (χ0n) is 9.29. The van der Waals surface area contributed by atoms with Crippen molar-refractivity contribution in [3.63, 3.8) is 0 Å². The van der Waals surface area contributed by atoms with E-state index in [1.165, 1.54) is 0 Å². The highest BCUT2D eigenvalue weighted by atomic mass is 35.5. The maximum absolute atomic E-state index is 13.0. The van der Waals surface area contributed by atoms with Crippen molar-refractivity contribution in [2.75, 3.05) is 7.05 Å². The molecule has 0 aliphatic carbocycles. The number of halogens is 3. The SMILES string of the molecule is CN(SC(F)(Cl)Cl)S(=O)(=O)c1ccc([N+](=O)[O-])cc1. The van der Waals surface area contributed by atoms with E-state index >= 15 is 0 Å². The molecule has 0 radical (unpaired) electrons. The molecule has 6 nitrogen and oxygen atoms in total. The van der Waals surface area contributed by atoms with Crippen molar-refractivity contribution in [2.45, 2.75) is 8.81 Å². The molecule has 0 saturated heterocycles. The van der Waals surface area contributed by atoms with Gasteiger partial charge in [-0.3, -0.25) is 10.1 Å². The molecular formula is C8H7Cl2FN2O4S2. The molecule has 0 heterocycles. The maximum atomic E-state index is 13.0. The summed E-state index contributed by atoms with van der Waals surface area (Å²) >= 11 is 10.2. The van der Waals surface area contributed by atoms with Gasteiger partial charge in [0.1, 0.15) is 0 Å². The van der Waals surface area contributed by atoms with Crippen molar-refractivity contribution in [3.8, 4) is 0 Å². The van der Waals surface area contributed by atoms with Crippen molar-refractivity contribution in [1.82, 2.24) is 3.71 Å². The summed E-state index contributed by atoms with van der Waals surface area (Å²) in [6, 6.07) is 4.12. The highest BCUT2D eigenvalue weighted by Gasteiger charge is 2.32. The second-order valence-corrected chi connectivity index (χ2v) is 8.38. The van der Waals surface area contributed by atoms with Gasteiger partial charge in [0.2, 0.25) is 0 Å². The number of alkyl halides is 3. The predicted molar refractivity (Wildman–Crippen MR) is 71.2 cm³/mol. The van der Waals surface area contributed by atoms with Crippen molar-refractivity contribution < 1.29 is 17.7 Å². The van der Waals surface area contributed by atoms with Gasteiger partial charge < -0.3 is 0 Å². The number of rotatable bonds is 5. The van der Waals surface area contributed by atoms with Crippen LogP contribution >= 0.6 is 35.1 Å². The van der Waals surface area contributed by atoms with Crippen LogP contribution in [0.1, 0.15) is 0 Å². The van der Waals surface area contributed by atoms with E-state index in [0.29, 0.717) is 3.71 Å². The van der Waals surface area contributed by atoms with Crippen molar-refractivity contribution in [2.24, 2.45) is 0 Å². The molecule has 1 aromatic rings. The molecule has 0 spiro atoms. The standard InChI is InChI=1S/C8H7Cl2FN2O4S2/c1-12(18-8(9,10)11)19(16,17)7-4-2-6(3-5-7)13(14)15/h2-5H,1H3. The molecule has 11 heteroatoms. The minimum absolute atomic E-state index is 0.0447. The van der Waals surface area contributed by atoms with E-state index in [4.69, 9.17) is 23.2 Å². The van der Waals surface area contributed by atoms with Crippen molar-refractivity contribution >= 4 is 50.9 Å². The Balaban J connectivity index is 3.03. The van der Waals surface area contributed by atoms with Gasteiger partial charge in [0.05, 0.1) is 9.82 Å². The molecular weight excluding hydrogens is 342 g/mol. The number of sulfonamides is 1. The molecule has 0 aliphatic heterocycles. The van der Waals surface area contributed by atoms with Crippen LogP contribution in [-0.2, 0) is 10.0 Å². The molecule has 1 aromatic carbocycles. The molecule has 0 saturated carbocycles. The first-order valence-corrected chi connectivity index (χ1v) is 7.50. The number of non-ortho nitro benzene ring substituents is 1. The van der Waals surface area contributed by atoms with E-state index in [1.807, 2.05) is 0 Å². The lowest BCUT2D eigenvalue weighted by molar-refractivity contribution is -0.384. The molecule has 0 fully saturated rings. The third-order valence-corrected chi connectivity index (χ3v) is 5.15. The molecule has 0 atom stereocenters. The second kappa shape index (κ2) is 5.80. The highest BCUT2D eigenvalue weighted by molar-refractivity contribution is 8.10. The number of nitro groups is 1. The van der Waals surface area contributed by atoms with Crippen molar-refractivity contribution in [3.05, 3.63) is 34.4 Å². The van der Waals surface area contributed by atoms with Crippen LogP contribution < -0.4 is 0 Å². The zero-order valence-corrected chi connectivity index (χ0v) is 12.4. The quantitative estimate of drug-likeness (QED) is 0.353. The minimum Gasteiger partial charge on any atom is -0.258 e. The Hall–Kier alpha value is -0.610. The molecule has 0 unspecified atom stereocenters. The Labute approximate surface area is 122 Å². The fourth-order valence-electron chi connectivity index (χ4n) is 1.08. The fraction of sp³-hybridized carbons (Fsp3) is 0.250. The Morgan fingerprint density at radius 1 is 1.37 bits per heavy atom. The Morgan fingerprint density at radius 2 is 1.84 bits per heavy atom. The fourth-order valence-corrected chi connectivity index (χ4v) is 3.98. The van der Waals surface area contributed by atoms with Crippen LogP contribution in [-0.4, -0.2) is 28.0 Å². The third kappa shape index (κ3) is 4.46. The highest BCUT2D eigenvalue weighted by Crippen LogP contribution is 2.40. The van der Waals surface area contributed by atoms with Crippen LogP contribution in [0.3, 0.4) is 0 Å². The molecule has 106 valence electrons. The molecule has 0 N–H and O–H groups in total. The first-order valence-electron chi connectivity index (χ1n) is 4.53. The number of hydrogen-bond acceptors (Lipinski definition) is 5. The summed E-state index contributed by atoms with van der Waals surface area (Å²) in [5.74, 6) is 0. The maximum Gasteiger partial charge on any atom is 0.319 e. The van der Waals surface area contributed by atoms with Gasteiger partial charge in [-0.2, -0.15) is 4.39 Å². The van der Waals surface area contributed by atoms with Crippen LogP contribution in [0.25, 0.3) is 0 Å². The largest absolute Gasteiger partial charge is 0.319 e. The van der Waals surface area contributed by atoms with E-state index in [2.05, 4.69) is 0 Å². The van der Waals surface area contributed by atoms with E-state index in [0.717, 1.165) is 31.3 Å². The van der Waals surface area contributed by atoms with Gasteiger partial charge in [-0.05, 0) is 12.1 Å². The summed E-state index contributed by atoms with van der Waals surface area (Å²) in [6.45, 7) is 0. The average Bonchev–Trinajstić information content (AvgIpc) is 2.26. The van der Waals surface area contributed by atoms with Crippen molar-refractivity contribution in [1.29, 1.82) is 0 Å². The summed E-state index contributed by atoms with van der Waals surface area (Å²) in [4.78, 5) is 9.53. The Bertz CT molecular complexity index is 573. The summed E-state index contributed by atoms with van der Waals surface area (Å²) in [5, 5.41) is 10.4. The lowest BCUT2D eigenvalue weighted by Crippen LogP contribution is -2.23. The summed E-state index contributed by atoms with van der Waals surface area (Å²) < 4.78 is 34.6. The van der Waals surface area contributed by atoms with Crippen LogP contribution in [0.4, 0.5) is 10.1 Å². The normalized spacial score (nSPS) is 12.7. The molecule has 0 amide bonds. The van der Waals surface area contributed by atoms with E-state index in [-0.39, 0.29) is 22.5 Å². The Kier molecular flexibility index (Phi) is 5.02. The number of hydrogen-bond donors (Lipinski definition) is 0. The molecule has 19 heavy (non-hydrogen) atoms. The zero-order chi connectivity index (χ0) is 14.8. The third-order valence-electron chi connectivity index (χ3n) is 1.92. The minimum atomic E-state index is -4.05. The lowest BCUT2D eigenvalue weighted by atomic mass is 10.3. The predicted octanol–water partition coefficient (Wildman–Crippen LogP) is 2.92. The molecule has 0 aliphatic rings.